The van der Waals surface area contributed by atoms with E-state index in [1.54, 1.807) is 4.90 Å². The Hall–Kier alpha value is -2.85. The van der Waals surface area contributed by atoms with Gasteiger partial charge in [0.25, 0.3) is 5.91 Å². The molecule has 0 radical (unpaired) electrons. The number of nitrogens with zero attached hydrogens (tertiary/aromatic N) is 4. The van der Waals surface area contributed by atoms with Crippen LogP contribution in [0.2, 0.25) is 5.02 Å². The Balaban J connectivity index is 1.44. The number of fused-ring (bicyclic) bond motifs is 1. The number of anilines is 1. The number of nitrogens with one attached hydrogen (secondary N) is 1. The van der Waals surface area contributed by atoms with Crippen LogP contribution >= 0.6 is 23.4 Å². The summed E-state index contributed by atoms with van der Waals surface area (Å²) in [7, 11) is 0. The Kier molecular flexibility index (Phi) is 7.55. The van der Waals surface area contributed by atoms with Crippen LogP contribution in [-0.2, 0) is 11.2 Å². The molecule has 0 spiro atoms. The van der Waals surface area contributed by atoms with E-state index in [4.69, 9.17) is 27.3 Å². The second kappa shape index (κ2) is 10.7. The van der Waals surface area contributed by atoms with Crippen molar-refractivity contribution in [1.82, 2.24) is 19.9 Å². The topological polar surface area (TPSA) is 111 Å². The molecule has 4 N–H and O–H groups in total. The first kappa shape index (κ1) is 26.7. The molecule has 10 heteroatoms. The van der Waals surface area contributed by atoms with Crippen molar-refractivity contribution in [3.05, 3.63) is 57.8 Å². The number of aliphatic hydroxyl groups is 1. The lowest BCUT2D eigenvalue weighted by Gasteiger charge is -2.36. The fraction of sp³-hybridized carbons (Fsp3) is 0.393. The van der Waals surface area contributed by atoms with Crippen LogP contribution in [0.4, 0.5) is 5.82 Å². The predicted molar refractivity (Wildman–Crippen MR) is 154 cm³/mol. The van der Waals surface area contributed by atoms with Gasteiger partial charge in [0.2, 0.25) is 0 Å². The molecule has 8 nitrogen and oxygen atoms in total. The van der Waals surface area contributed by atoms with Crippen LogP contribution < -0.4 is 10.6 Å². The van der Waals surface area contributed by atoms with Gasteiger partial charge >= 0.3 is 0 Å². The number of H-pyrrole nitrogens is 1. The van der Waals surface area contributed by atoms with Gasteiger partial charge in [0.15, 0.2) is 5.16 Å². The van der Waals surface area contributed by atoms with Gasteiger partial charge in [0, 0.05) is 48.4 Å². The number of aromatic amines is 1. The standard InChI is InChI=1S/C28H33ClN6O2S/c1-5-22-24(29)23-25(31-22)32-28(33-26(23)34-9-8-18(30)12-34)38-20-7-6-17(16(4)10-20)11-21(15(2)3)27(37)35-13-19(36)14-35/h6-7,10-11,18-19,36H,2,5,8-9,12-14,30H2,1,3-4H3,(H,31,32,33)/b21-11+/t18-/m1/s1. The van der Waals surface area contributed by atoms with Gasteiger partial charge in [-0.05, 0) is 73.4 Å². The Labute approximate surface area is 232 Å². The second-order valence-corrected chi connectivity index (χ2v) is 11.6. The Morgan fingerprint density at radius 2 is 2.11 bits per heavy atom. The first-order valence-corrected chi connectivity index (χ1v) is 14.1. The number of likely N-dealkylation sites (tertiary alicyclic amines) is 1. The van der Waals surface area contributed by atoms with Crippen molar-refractivity contribution in [2.45, 2.75) is 55.8 Å². The van der Waals surface area contributed by atoms with Crippen molar-refractivity contribution in [2.24, 2.45) is 5.73 Å². The number of hydrogen-bond acceptors (Lipinski definition) is 7. The molecule has 2 saturated heterocycles. The molecule has 200 valence electrons. The quantitative estimate of drug-likeness (QED) is 0.227. The van der Waals surface area contributed by atoms with E-state index in [0.717, 1.165) is 64.5 Å². The SMILES string of the molecule is C=C(C)/C(=C\c1ccc(Sc2nc(N3CC[C@@H](N)C3)c3c(Cl)c(CC)[nH]c3n2)cc1C)C(=O)N1CC(O)C1. The van der Waals surface area contributed by atoms with Gasteiger partial charge in [-0.25, -0.2) is 9.97 Å². The van der Waals surface area contributed by atoms with Crippen LogP contribution in [-0.4, -0.2) is 69.2 Å². The minimum atomic E-state index is -0.442. The van der Waals surface area contributed by atoms with Crippen molar-refractivity contribution in [1.29, 1.82) is 0 Å². The number of benzene rings is 1. The average molecular weight is 553 g/mol. The van der Waals surface area contributed by atoms with Crippen molar-refractivity contribution < 1.29 is 9.90 Å². The van der Waals surface area contributed by atoms with Crippen LogP contribution in [0.5, 0.6) is 0 Å². The zero-order valence-electron chi connectivity index (χ0n) is 21.9. The highest BCUT2D eigenvalue weighted by Crippen LogP contribution is 2.38. The van der Waals surface area contributed by atoms with Gasteiger partial charge < -0.3 is 25.6 Å². The highest BCUT2D eigenvalue weighted by Gasteiger charge is 2.31. The number of aliphatic hydroxyl groups excluding tert-OH is 1. The Morgan fingerprint density at radius 1 is 1.34 bits per heavy atom. The molecule has 0 unspecified atom stereocenters. The van der Waals surface area contributed by atoms with E-state index in [1.165, 1.54) is 11.8 Å². The van der Waals surface area contributed by atoms with E-state index in [9.17, 15) is 9.90 Å². The average Bonchev–Trinajstić information content (AvgIpc) is 3.43. The number of rotatable bonds is 7. The smallest absolute Gasteiger partial charge is 0.254 e. The fourth-order valence-electron chi connectivity index (χ4n) is 4.86. The van der Waals surface area contributed by atoms with Crippen LogP contribution in [0.1, 0.15) is 37.1 Å². The molecule has 0 bridgehead atoms. The molecule has 2 aliphatic heterocycles. The molecule has 1 aromatic carbocycles. The largest absolute Gasteiger partial charge is 0.389 e. The molecule has 38 heavy (non-hydrogen) atoms. The van der Waals surface area contributed by atoms with E-state index in [0.29, 0.717) is 34.4 Å². The summed E-state index contributed by atoms with van der Waals surface area (Å²) >= 11 is 8.21. The first-order valence-electron chi connectivity index (χ1n) is 12.9. The van der Waals surface area contributed by atoms with Gasteiger partial charge in [-0.15, -0.1) is 0 Å². The summed E-state index contributed by atoms with van der Waals surface area (Å²) in [5.41, 5.74) is 11.1. The maximum Gasteiger partial charge on any atom is 0.254 e. The van der Waals surface area contributed by atoms with E-state index in [1.807, 2.05) is 32.1 Å². The normalized spacial score (nSPS) is 18.4. The summed E-state index contributed by atoms with van der Waals surface area (Å²) in [5.74, 6) is 0.718. The number of aromatic nitrogens is 3. The zero-order valence-corrected chi connectivity index (χ0v) is 23.5. The van der Waals surface area contributed by atoms with Gasteiger partial charge in [-0.3, -0.25) is 4.79 Å². The second-order valence-electron chi connectivity index (χ2n) is 10.1. The molecule has 2 aromatic heterocycles. The monoisotopic (exact) mass is 552 g/mol. The van der Waals surface area contributed by atoms with E-state index >= 15 is 0 Å². The third-order valence-corrected chi connectivity index (χ3v) is 8.36. The van der Waals surface area contributed by atoms with Crippen molar-refractivity contribution >= 4 is 52.2 Å². The third kappa shape index (κ3) is 5.20. The Bertz CT molecular complexity index is 1440. The molecule has 3 aromatic rings. The summed E-state index contributed by atoms with van der Waals surface area (Å²) in [5, 5.41) is 11.7. The van der Waals surface area contributed by atoms with Gasteiger partial charge in [0.1, 0.15) is 11.5 Å². The Morgan fingerprint density at radius 3 is 2.71 bits per heavy atom. The fourth-order valence-corrected chi connectivity index (χ4v) is 6.07. The summed E-state index contributed by atoms with van der Waals surface area (Å²) < 4.78 is 0. The summed E-state index contributed by atoms with van der Waals surface area (Å²) in [6, 6.07) is 6.20. The number of halogens is 1. The number of carbonyl (C=O) groups is 1. The first-order chi connectivity index (χ1) is 18.1. The van der Waals surface area contributed by atoms with E-state index in [2.05, 4.69) is 29.5 Å². The molecule has 5 rings (SSSR count). The van der Waals surface area contributed by atoms with Crippen LogP contribution in [0.15, 0.2) is 46.0 Å². The summed E-state index contributed by atoms with van der Waals surface area (Å²) in [6.07, 6.45) is 3.13. The molecule has 0 saturated carbocycles. The number of aryl methyl sites for hydroxylation is 2. The minimum Gasteiger partial charge on any atom is -0.389 e. The van der Waals surface area contributed by atoms with Crippen LogP contribution in [0.3, 0.4) is 0 Å². The van der Waals surface area contributed by atoms with Crippen molar-refractivity contribution in [2.75, 3.05) is 31.1 Å². The highest BCUT2D eigenvalue weighted by atomic mass is 35.5. The van der Waals surface area contributed by atoms with E-state index < -0.39 is 6.10 Å². The molecule has 2 aliphatic rings. The van der Waals surface area contributed by atoms with Crippen LogP contribution in [0, 0.1) is 6.92 Å². The summed E-state index contributed by atoms with van der Waals surface area (Å²) in [6.45, 7) is 12.2. The maximum atomic E-state index is 12.9. The number of hydrogen-bond donors (Lipinski definition) is 3. The van der Waals surface area contributed by atoms with Crippen molar-refractivity contribution in [3.63, 3.8) is 0 Å². The number of amides is 1. The van der Waals surface area contributed by atoms with Gasteiger partial charge in [-0.1, -0.05) is 31.2 Å². The van der Waals surface area contributed by atoms with Crippen LogP contribution in [0.25, 0.3) is 17.1 Å². The maximum absolute atomic E-state index is 12.9. The summed E-state index contributed by atoms with van der Waals surface area (Å²) in [4.78, 5) is 30.8. The van der Waals surface area contributed by atoms with Gasteiger partial charge in [0.05, 0.1) is 16.5 Å². The molecule has 1 amide bonds. The lowest BCUT2D eigenvalue weighted by molar-refractivity contribution is -0.136. The minimum absolute atomic E-state index is 0.104. The molecule has 2 fully saturated rings. The molecular formula is C28H33ClN6O2S. The number of nitrogens with two attached hydrogens (primary N) is 1. The number of carbonyl (C=O) groups excluding carboxylic acids is 1. The molecular weight excluding hydrogens is 520 g/mol. The molecule has 4 heterocycles. The lowest BCUT2D eigenvalue weighted by atomic mass is 9.99. The zero-order chi connectivity index (χ0) is 27.1. The van der Waals surface area contributed by atoms with Crippen molar-refractivity contribution in [3.8, 4) is 0 Å². The van der Waals surface area contributed by atoms with E-state index in [-0.39, 0.29) is 11.9 Å². The predicted octanol–water partition coefficient (Wildman–Crippen LogP) is 4.33. The molecule has 0 aliphatic carbocycles. The highest BCUT2D eigenvalue weighted by molar-refractivity contribution is 7.99. The van der Waals surface area contributed by atoms with Gasteiger partial charge in [-0.2, -0.15) is 0 Å². The lowest BCUT2D eigenvalue weighted by Crippen LogP contribution is -2.53. The molecule has 1 atom stereocenters. The number of β-amino-alcohol motifs (C(OH)–C–C–N with tert-alkyl or cyclic N) is 1. The third-order valence-electron chi connectivity index (χ3n) is 7.09.